The Kier molecular flexibility index (Phi) is 4.62. The molecule has 0 saturated heterocycles. The van der Waals surface area contributed by atoms with Gasteiger partial charge in [0.05, 0.1) is 0 Å². The highest BCUT2D eigenvalue weighted by Gasteiger charge is 2.24. The molecule has 1 aromatic heterocycles. The van der Waals surface area contributed by atoms with Crippen LogP contribution < -0.4 is 5.32 Å². The minimum Gasteiger partial charge on any atom is -0.480 e. The van der Waals surface area contributed by atoms with Crippen LogP contribution in [0.15, 0.2) is 22.8 Å². The van der Waals surface area contributed by atoms with Gasteiger partial charge in [-0.25, -0.2) is 9.78 Å². The van der Waals surface area contributed by atoms with Crippen LogP contribution in [0, 0.1) is 5.92 Å². The molecule has 0 unspecified atom stereocenters. The van der Waals surface area contributed by atoms with Crippen molar-refractivity contribution in [2.45, 2.75) is 19.9 Å². The van der Waals surface area contributed by atoms with Crippen LogP contribution in [0.1, 0.15) is 24.3 Å². The number of carbonyl (C=O) groups is 2. The Morgan fingerprint density at radius 3 is 2.53 bits per heavy atom. The number of carboxylic acid groups (broad SMARTS) is 1. The zero-order chi connectivity index (χ0) is 13.0. The first-order chi connectivity index (χ1) is 7.91. The number of rotatable bonds is 4. The Labute approximate surface area is 107 Å². The van der Waals surface area contributed by atoms with Gasteiger partial charge in [0.1, 0.15) is 16.3 Å². The normalized spacial score (nSPS) is 12.2. The number of carbonyl (C=O) groups excluding carboxylic acids is 1. The van der Waals surface area contributed by atoms with Gasteiger partial charge in [-0.15, -0.1) is 0 Å². The maximum Gasteiger partial charge on any atom is 0.326 e. The van der Waals surface area contributed by atoms with Gasteiger partial charge in [0.25, 0.3) is 5.91 Å². The fraction of sp³-hybridized carbons (Fsp3) is 0.364. The number of hydrogen-bond acceptors (Lipinski definition) is 3. The maximum absolute atomic E-state index is 11.8. The lowest BCUT2D eigenvalue weighted by Crippen LogP contribution is -2.44. The zero-order valence-electron chi connectivity index (χ0n) is 9.48. The van der Waals surface area contributed by atoms with Gasteiger partial charge in [0.2, 0.25) is 0 Å². The van der Waals surface area contributed by atoms with E-state index in [9.17, 15) is 9.59 Å². The van der Waals surface area contributed by atoms with Gasteiger partial charge in [-0.1, -0.05) is 19.9 Å². The van der Waals surface area contributed by atoms with Gasteiger partial charge in [-0.3, -0.25) is 4.79 Å². The summed E-state index contributed by atoms with van der Waals surface area (Å²) in [6.45, 7) is 3.46. The lowest BCUT2D eigenvalue weighted by Gasteiger charge is -2.17. The molecule has 0 fully saturated rings. The lowest BCUT2D eigenvalue weighted by atomic mass is 10.0. The standard InChI is InChI=1S/C11H13BrN2O3/c1-6(2)9(11(16)17)14-10(15)7-4-3-5-8(12)13-7/h3-6,9H,1-2H3,(H,14,15)(H,16,17)/t9-/m0/s1. The number of nitrogens with one attached hydrogen (secondary N) is 1. The van der Waals surface area contributed by atoms with Crippen LogP contribution in [0.25, 0.3) is 0 Å². The number of carboxylic acids is 1. The maximum atomic E-state index is 11.8. The molecule has 0 bridgehead atoms. The summed E-state index contributed by atoms with van der Waals surface area (Å²) in [5.74, 6) is -1.74. The van der Waals surface area contributed by atoms with E-state index in [1.54, 1.807) is 26.0 Å². The third-order valence-corrected chi connectivity index (χ3v) is 2.61. The highest BCUT2D eigenvalue weighted by atomic mass is 79.9. The molecule has 0 saturated carbocycles. The average Bonchev–Trinajstić information content (AvgIpc) is 2.24. The zero-order valence-corrected chi connectivity index (χ0v) is 11.1. The van der Waals surface area contributed by atoms with Crippen molar-refractivity contribution >= 4 is 27.8 Å². The SMILES string of the molecule is CC(C)[C@H](NC(=O)c1cccc(Br)n1)C(=O)O. The molecule has 0 aromatic carbocycles. The van der Waals surface area contributed by atoms with Crippen molar-refractivity contribution in [3.63, 3.8) is 0 Å². The number of hydrogen-bond donors (Lipinski definition) is 2. The summed E-state index contributed by atoms with van der Waals surface area (Å²) in [7, 11) is 0. The second-order valence-corrected chi connectivity index (χ2v) is 4.69. The number of halogens is 1. The van der Waals surface area contributed by atoms with Crippen molar-refractivity contribution in [2.24, 2.45) is 5.92 Å². The van der Waals surface area contributed by atoms with Crippen molar-refractivity contribution in [1.82, 2.24) is 10.3 Å². The summed E-state index contributed by atoms with van der Waals surface area (Å²) in [6, 6.07) is 3.97. The Hall–Kier alpha value is -1.43. The molecule has 0 aliphatic rings. The predicted octanol–water partition coefficient (Wildman–Crippen LogP) is 1.68. The molecule has 1 amide bonds. The molecule has 1 rings (SSSR count). The van der Waals surface area contributed by atoms with Crippen LogP contribution in [0.4, 0.5) is 0 Å². The summed E-state index contributed by atoms with van der Waals surface area (Å²) in [5, 5.41) is 11.4. The Morgan fingerprint density at radius 2 is 2.06 bits per heavy atom. The molecule has 6 heteroatoms. The summed E-state index contributed by atoms with van der Waals surface area (Å²) in [4.78, 5) is 26.6. The predicted molar refractivity (Wildman–Crippen MR) is 65.7 cm³/mol. The monoisotopic (exact) mass is 300 g/mol. The van der Waals surface area contributed by atoms with Crippen molar-refractivity contribution < 1.29 is 14.7 Å². The number of amides is 1. The van der Waals surface area contributed by atoms with Crippen LogP contribution in [-0.2, 0) is 4.79 Å². The van der Waals surface area contributed by atoms with E-state index in [0.29, 0.717) is 4.60 Å². The minimum absolute atomic E-state index is 0.186. The first-order valence-electron chi connectivity index (χ1n) is 5.08. The highest BCUT2D eigenvalue weighted by molar-refractivity contribution is 9.10. The van der Waals surface area contributed by atoms with E-state index in [2.05, 4.69) is 26.2 Å². The molecule has 92 valence electrons. The first-order valence-corrected chi connectivity index (χ1v) is 5.87. The van der Waals surface area contributed by atoms with Crippen molar-refractivity contribution in [1.29, 1.82) is 0 Å². The lowest BCUT2D eigenvalue weighted by molar-refractivity contribution is -0.140. The number of aliphatic carboxylic acids is 1. The number of pyridine rings is 1. The number of aromatic nitrogens is 1. The second kappa shape index (κ2) is 5.77. The van der Waals surface area contributed by atoms with E-state index in [1.165, 1.54) is 6.07 Å². The Morgan fingerprint density at radius 1 is 1.41 bits per heavy atom. The third-order valence-electron chi connectivity index (χ3n) is 2.17. The van der Waals surface area contributed by atoms with E-state index in [4.69, 9.17) is 5.11 Å². The summed E-state index contributed by atoms with van der Waals surface area (Å²) in [6.07, 6.45) is 0. The van der Waals surface area contributed by atoms with Crippen molar-refractivity contribution in [3.8, 4) is 0 Å². The van der Waals surface area contributed by atoms with Crippen LogP contribution in [0.5, 0.6) is 0 Å². The van der Waals surface area contributed by atoms with Gasteiger partial charge in [0, 0.05) is 0 Å². The van der Waals surface area contributed by atoms with Crippen LogP contribution in [0.2, 0.25) is 0 Å². The number of nitrogens with zero attached hydrogens (tertiary/aromatic N) is 1. The van der Waals surface area contributed by atoms with Crippen LogP contribution in [0.3, 0.4) is 0 Å². The van der Waals surface area contributed by atoms with E-state index < -0.39 is 17.9 Å². The Balaban J connectivity index is 2.81. The van der Waals surface area contributed by atoms with Crippen molar-refractivity contribution in [2.75, 3.05) is 0 Å². The molecule has 0 aliphatic carbocycles. The van der Waals surface area contributed by atoms with E-state index in [0.717, 1.165) is 0 Å². The van der Waals surface area contributed by atoms with Gasteiger partial charge in [-0.2, -0.15) is 0 Å². The third kappa shape index (κ3) is 3.81. The minimum atomic E-state index is -1.05. The quantitative estimate of drug-likeness (QED) is 0.829. The van der Waals surface area contributed by atoms with Gasteiger partial charge < -0.3 is 10.4 Å². The first kappa shape index (κ1) is 13.6. The van der Waals surface area contributed by atoms with E-state index >= 15 is 0 Å². The molecule has 1 aromatic rings. The van der Waals surface area contributed by atoms with Crippen LogP contribution >= 0.6 is 15.9 Å². The topological polar surface area (TPSA) is 79.3 Å². The summed E-state index contributed by atoms with van der Waals surface area (Å²) >= 11 is 3.15. The van der Waals surface area contributed by atoms with Crippen LogP contribution in [-0.4, -0.2) is 28.0 Å². The Bertz CT molecular complexity index is 434. The highest BCUT2D eigenvalue weighted by Crippen LogP contribution is 2.08. The smallest absolute Gasteiger partial charge is 0.326 e. The molecule has 0 spiro atoms. The summed E-state index contributed by atoms with van der Waals surface area (Å²) < 4.78 is 0.529. The van der Waals surface area contributed by atoms with E-state index in [-0.39, 0.29) is 11.6 Å². The van der Waals surface area contributed by atoms with Gasteiger partial charge in [-0.05, 0) is 34.0 Å². The molecular formula is C11H13BrN2O3. The largest absolute Gasteiger partial charge is 0.480 e. The molecule has 1 atom stereocenters. The summed E-state index contributed by atoms with van der Waals surface area (Å²) in [5.41, 5.74) is 0.186. The molecule has 0 aliphatic heterocycles. The van der Waals surface area contributed by atoms with E-state index in [1.807, 2.05) is 0 Å². The molecule has 5 nitrogen and oxygen atoms in total. The fourth-order valence-corrected chi connectivity index (χ4v) is 1.61. The van der Waals surface area contributed by atoms with Gasteiger partial charge >= 0.3 is 5.97 Å². The molecule has 17 heavy (non-hydrogen) atoms. The molecule has 1 heterocycles. The fourth-order valence-electron chi connectivity index (χ4n) is 1.26. The molecular weight excluding hydrogens is 288 g/mol. The average molecular weight is 301 g/mol. The van der Waals surface area contributed by atoms with Gasteiger partial charge in [0.15, 0.2) is 0 Å². The second-order valence-electron chi connectivity index (χ2n) is 3.88. The molecule has 0 radical (unpaired) electrons. The van der Waals surface area contributed by atoms with Crippen molar-refractivity contribution in [3.05, 3.63) is 28.5 Å². The molecule has 2 N–H and O–H groups in total.